The van der Waals surface area contributed by atoms with Crippen molar-refractivity contribution < 1.29 is 0 Å². The molecule has 0 amide bonds. The smallest absolute Gasteiger partial charge is 0.0832 e. The summed E-state index contributed by atoms with van der Waals surface area (Å²) >= 11 is 0. The summed E-state index contributed by atoms with van der Waals surface area (Å²) in [5, 5.41) is 10.1. The number of benzene rings is 1. The molecule has 0 unspecified atom stereocenters. The third-order valence-corrected chi connectivity index (χ3v) is 1.83. The summed E-state index contributed by atoms with van der Waals surface area (Å²) in [5.41, 5.74) is 10.5. The molecule has 14 heavy (non-hydrogen) atoms. The Bertz CT molecular complexity index is 467. The topological polar surface area (TPSA) is 77.4 Å². The first-order valence-electron chi connectivity index (χ1n) is 4.05. The number of hydrogen-bond acceptors (Lipinski definition) is 2. The fourth-order valence-corrected chi connectivity index (χ4v) is 1.22. The van der Waals surface area contributed by atoms with E-state index in [0.717, 1.165) is 11.3 Å². The summed E-state index contributed by atoms with van der Waals surface area (Å²) in [6.07, 6.45) is 1.50. The Hall–Kier alpha value is -2.26. The molecule has 0 aliphatic carbocycles. The SMILES string of the molecule is [N-]=[N+]=Nc1cn[nH]c1-c1ccccc1. The fourth-order valence-electron chi connectivity index (χ4n) is 1.22. The van der Waals surface area contributed by atoms with Crippen LogP contribution in [-0.2, 0) is 0 Å². The van der Waals surface area contributed by atoms with Crippen molar-refractivity contribution in [2.75, 3.05) is 0 Å². The highest BCUT2D eigenvalue weighted by Gasteiger charge is 2.04. The highest BCUT2D eigenvalue weighted by atomic mass is 15.2. The standard InChI is InChI=1S/C9H7N5/c10-14-12-8-6-11-13-9(8)7-4-2-1-3-5-7/h1-6H,(H,11,13). The highest BCUT2D eigenvalue weighted by molar-refractivity contribution is 5.70. The van der Waals surface area contributed by atoms with Crippen LogP contribution in [0.5, 0.6) is 0 Å². The monoisotopic (exact) mass is 185 g/mol. The first kappa shape index (κ1) is 8.34. The molecule has 2 aromatic rings. The Morgan fingerprint density at radius 2 is 2.07 bits per heavy atom. The maximum Gasteiger partial charge on any atom is 0.0832 e. The number of nitrogens with one attached hydrogen (secondary N) is 1. The van der Waals surface area contributed by atoms with E-state index in [-0.39, 0.29) is 0 Å². The lowest BCUT2D eigenvalue weighted by atomic mass is 10.1. The van der Waals surface area contributed by atoms with Gasteiger partial charge in [0.25, 0.3) is 0 Å². The molecule has 0 saturated heterocycles. The Morgan fingerprint density at radius 3 is 2.79 bits per heavy atom. The lowest BCUT2D eigenvalue weighted by Crippen LogP contribution is -1.76. The molecule has 1 heterocycles. The number of nitrogens with zero attached hydrogens (tertiary/aromatic N) is 4. The summed E-state index contributed by atoms with van der Waals surface area (Å²) in [7, 11) is 0. The minimum Gasteiger partial charge on any atom is -0.277 e. The molecule has 0 bridgehead atoms. The molecule has 68 valence electrons. The van der Waals surface area contributed by atoms with E-state index in [1.807, 2.05) is 30.3 Å². The van der Waals surface area contributed by atoms with Crippen LogP contribution in [0.4, 0.5) is 5.69 Å². The molecule has 1 aromatic heterocycles. The summed E-state index contributed by atoms with van der Waals surface area (Å²) in [5.74, 6) is 0. The lowest BCUT2D eigenvalue weighted by molar-refractivity contribution is 1.10. The minimum absolute atomic E-state index is 0.513. The van der Waals surface area contributed by atoms with Crippen LogP contribution < -0.4 is 0 Å². The van der Waals surface area contributed by atoms with Gasteiger partial charge in [-0.25, -0.2) is 0 Å². The van der Waals surface area contributed by atoms with Crippen molar-refractivity contribution in [3.63, 3.8) is 0 Å². The number of aromatic nitrogens is 2. The van der Waals surface area contributed by atoms with Crippen LogP contribution in [0.15, 0.2) is 41.6 Å². The summed E-state index contributed by atoms with van der Waals surface area (Å²) < 4.78 is 0. The molecule has 0 spiro atoms. The van der Waals surface area contributed by atoms with Gasteiger partial charge in [0.2, 0.25) is 0 Å². The third kappa shape index (κ3) is 1.44. The summed E-state index contributed by atoms with van der Waals surface area (Å²) in [6, 6.07) is 9.59. The Kier molecular flexibility index (Phi) is 2.17. The highest BCUT2D eigenvalue weighted by Crippen LogP contribution is 2.27. The molecule has 0 aliphatic heterocycles. The van der Waals surface area contributed by atoms with Crippen LogP contribution in [-0.4, -0.2) is 10.2 Å². The summed E-state index contributed by atoms with van der Waals surface area (Å²) in [6.45, 7) is 0. The van der Waals surface area contributed by atoms with E-state index in [1.54, 1.807) is 0 Å². The number of azide groups is 1. The predicted molar refractivity (Wildman–Crippen MR) is 52.8 cm³/mol. The van der Waals surface area contributed by atoms with Crippen molar-refractivity contribution in [2.24, 2.45) is 5.11 Å². The normalized spacial score (nSPS) is 9.43. The molecule has 5 heteroatoms. The van der Waals surface area contributed by atoms with Gasteiger partial charge in [-0.1, -0.05) is 35.4 Å². The maximum absolute atomic E-state index is 8.33. The largest absolute Gasteiger partial charge is 0.277 e. The number of aromatic amines is 1. The molecule has 0 aliphatic rings. The van der Waals surface area contributed by atoms with Gasteiger partial charge in [0.05, 0.1) is 17.6 Å². The van der Waals surface area contributed by atoms with Crippen molar-refractivity contribution in [3.8, 4) is 11.3 Å². The zero-order valence-electron chi connectivity index (χ0n) is 7.25. The second kappa shape index (κ2) is 3.64. The Balaban J connectivity index is 2.52. The number of H-pyrrole nitrogens is 1. The molecule has 0 atom stereocenters. The molecular formula is C9H7N5. The zero-order valence-corrected chi connectivity index (χ0v) is 7.25. The predicted octanol–water partition coefficient (Wildman–Crippen LogP) is 3.02. The number of hydrogen-bond donors (Lipinski definition) is 1. The molecular weight excluding hydrogens is 178 g/mol. The van der Waals surface area contributed by atoms with E-state index in [2.05, 4.69) is 20.2 Å². The Labute approximate surface area is 80.0 Å². The van der Waals surface area contributed by atoms with Crippen LogP contribution in [0.2, 0.25) is 0 Å². The van der Waals surface area contributed by atoms with Crippen molar-refractivity contribution in [2.45, 2.75) is 0 Å². The van der Waals surface area contributed by atoms with Gasteiger partial charge < -0.3 is 0 Å². The molecule has 5 nitrogen and oxygen atoms in total. The number of rotatable bonds is 2. The van der Waals surface area contributed by atoms with Crippen LogP contribution >= 0.6 is 0 Å². The van der Waals surface area contributed by atoms with Gasteiger partial charge in [-0.3, -0.25) is 5.10 Å². The van der Waals surface area contributed by atoms with Gasteiger partial charge in [-0.15, -0.1) is 0 Å². The van der Waals surface area contributed by atoms with Gasteiger partial charge in [-0.05, 0) is 11.1 Å². The van der Waals surface area contributed by atoms with Gasteiger partial charge in [0, 0.05) is 4.91 Å². The first-order chi connectivity index (χ1) is 6.92. The van der Waals surface area contributed by atoms with Crippen molar-refractivity contribution in [1.29, 1.82) is 0 Å². The summed E-state index contributed by atoms with van der Waals surface area (Å²) in [4.78, 5) is 2.73. The third-order valence-electron chi connectivity index (χ3n) is 1.83. The second-order valence-electron chi connectivity index (χ2n) is 2.69. The van der Waals surface area contributed by atoms with E-state index < -0.39 is 0 Å². The van der Waals surface area contributed by atoms with Crippen molar-refractivity contribution in [3.05, 3.63) is 47.0 Å². The zero-order chi connectivity index (χ0) is 9.80. The van der Waals surface area contributed by atoms with E-state index >= 15 is 0 Å². The minimum atomic E-state index is 0.513. The van der Waals surface area contributed by atoms with Crippen LogP contribution in [0.3, 0.4) is 0 Å². The van der Waals surface area contributed by atoms with E-state index in [4.69, 9.17) is 5.53 Å². The quantitative estimate of drug-likeness (QED) is 0.435. The molecule has 1 N–H and O–H groups in total. The molecule has 0 saturated carbocycles. The molecule has 1 aromatic carbocycles. The van der Waals surface area contributed by atoms with Gasteiger partial charge in [0.1, 0.15) is 0 Å². The van der Waals surface area contributed by atoms with E-state index in [9.17, 15) is 0 Å². The van der Waals surface area contributed by atoms with Crippen LogP contribution in [0.25, 0.3) is 21.7 Å². The average Bonchev–Trinajstić information content (AvgIpc) is 2.68. The van der Waals surface area contributed by atoms with Gasteiger partial charge in [-0.2, -0.15) is 5.10 Å². The first-order valence-corrected chi connectivity index (χ1v) is 4.05. The van der Waals surface area contributed by atoms with Crippen molar-refractivity contribution >= 4 is 5.69 Å². The van der Waals surface area contributed by atoms with Crippen LogP contribution in [0.1, 0.15) is 0 Å². The lowest BCUT2D eigenvalue weighted by Gasteiger charge is -1.96. The van der Waals surface area contributed by atoms with E-state index in [0.29, 0.717) is 5.69 Å². The Morgan fingerprint density at radius 1 is 1.29 bits per heavy atom. The molecule has 0 radical (unpaired) electrons. The molecule has 2 rings (SSSR count). The van der Waals surface area contributed by atoms with Crippen molar-refractivity contribution in [1.82, 2.24) is 10.2 Å². The molecule has 0 fully saturated rings. The second-order valence-corrected chi connectivity index (χ2v) is 2.69. The fraction of sp³-hybridized carbons (Fsp3) is 0. The maximum atomic E-state index is 8.33. The average molecular weight is 185 g/mol. The van der Waals surface area contributed by atoms with E-state index in [1.165, 1.54) is 6.20 Å². The van der Waals surface area contributed by atoms with Gasteiger partial charge in [0.15, 0.2) is 0 Å². The van der Waals surface area contributed by atoms with Crippen LogP contribution in [0, 0.1) is 0 Å². The van der Waals surface area contributed by atoms with Gasteiger partial charge >= 0.3 is 0 Å².